The van der Waals surface area contributed by atoms with Crippen molar-refractivity contribution in [3.8, 4) is 11.5 Å². The van der Waals surface area contributed by atoms with Gasteiger partial charge in [-0.1, -0.05) is 69.3 Å². The van der Waals surface area contributed by atoms with Gasteiger partial charge in [-0.3, -0.25) is 0 Å². The molecule has 3 rings (SSSR count). The smallest absolute Gasteiger partial charge is 0.120 e. The lowest BCUT2D eigenvalue weighted by atomic mass is 9.82. The molecule has 0 radical (unpaired) electrons. The fourth-order valence-corrected chi connectivity index (χ4v) is 3.92. The Morgan fingerprint density at radius 3 is 1.03 bits per heavy atom. The summed E-state index contributed by atoms with van der Waals surface area (Å²) >= 11 is 0. The highest BCUT2D eigenvalue weighted by Gasteiger charge is 2.20. The molecule has 33 heavy (non-hydrogen) atoms. The van der Waals surface area contributed by atoms with Crippen molar-refractivity contribution in [3.05, 3.63) is 95.1 Å². The minimum atomic E-state index is -0.216. The normalized spacial score (nSPS) is 12.7. The molecule has 0 bridgehead atoms. The van der Waals surface area contributed by atoms with Crippen molar-refractivity contribution >= 4 is 0 Å². The first-order chi connectivity index (χ1) is 15.2. The molecule has 0 saturated carbocycles. The molecule has 0 aromatic heterocycles. The molecule has 0 aliphatic heterocycles. The minimum Gasteiger partial charge on any atom is -0.488 e. The lowest BCUT2D eigenvalue weighted by Crippen LogP contribution is -2.23. The van der Waals surface area contributed by atoms with Gasteiger partial charge < -0.3 is 9.47 Å². The van der Waals surface area contributed by atoms with Gasteiger partial charge in [-0.15, -0.1) is 0 Å². The highest BCUT2D eigenvalue weighted by Crippen LogP contribution is 2.35. The lowest BCUT2D eigenvalue weighted by Gasteiger charge is -2.25. The molecule has 2 heteroatoms. The molecule has 0 unspecified atom stereocenters. The maximum atomic E-state index is 6.05. The third kappa shape index (κ3) is 7.12. The Hall–Kier alpha value is -2.74. The van der Waals surface area contributed by atoms with Gasteiger partial charge in [-0.25, -0.2) is 0 Å². The summed E-state index contributed by atoms with van der Waals surface area (Å²) in [7, 11) is 0. The maximum absolute atomic E-state index is 6.05. The van der Waals surface area contributed by atoms with Crippen LogP contribution in [0.3, 0.4) is 0 Å². The molecule has 0 heterocycles. The van der Waals surface area contributed by atoms with Gasteiger partial charge in [0.1, 0.15) is 22.7 Å². The van der Waals surface area contributed by atoms with Gasteiger partial charge in [0.15, 0.2) is 0 Å². The third-order valence-corrected chi connectivity index (χ3v) is 5.38. The Kier molecular flexibility index (Phi) is 6.98. The highest BCUT2D eigenvalue weighted by atomic mass is 16.5. The Balaban J connectivity index is 2.00. The van der Waals surface area contributed by atoms with E-state index in [2.05, 4.69) is 135 Å². The first kappa shape index (κ1) is 24.9. The van der Waals surface area contributed by atoms with Crippen LogP contribution in [0.4, 0.5) is 0 Å². The van der Waals surface area contributed by atoms with Gasteiger partial charge >= 0.3 is 0 Å². The Labute approximate surface area is 201 Å². The van der Waals surface area contributed by atoms with Gasteiger partial charge in [0.25, 0.3) is 0 Å². The summed E-state index contributed by atoms with van der Waals surface area (Å²) in [6.07, 6.45) is 0. The maximum Gasteiger partial charge on any atom is 0.120 e. The topological polar surface area (TPSA) is 18.5 Å². The van der Waals surface area contributed by atoms with Gasteiger partial charge in [-0.2, -0.15) is 0 Å². The van der Waals surface area contributed by atoms with Gasteiger partial charge in [-0.05, 0) is 93.5 Å². The molecule has 0 saturated heterocycles. The SMILES string of the molecule is CC(C)(C)Oc1ccc(C(c2ccc(OC(C)(C)C)cc2)c2ccc(C(C)(C)C)cc2)cc1. The van der Waals surface area contributed by atoms with E-state index in [1.54, 1.807) is 0 Å². The molecule has 0 amide bonds. The molecule has 2 nitrogen and oxygen atoms in total. The van der Waals surface area contributed by atoms with E-state index in [1.807, 2.05) is 0 Å². The average Bonchev–Trinajstić information content (AvgIpc) is 2.68. The largest absolute Gasteiger partial charge is 0.488 e. The number of benzene rings is 3. The number of ether oxygens (including phenoxy) is 2. The second kappa shape index (κ2) is 9.25. The molecule has 0 fully saturated rings. The van der Waals surface area contributed by atoms with E-state index in [4.69, 9.17) is 9.47 Å². The molecule has 0 spiro atoms. The predicted octanol–water partition coefficient (Wildman–Crippen LogP) is 8.52. The van der Waals surface area contributed by atoms with Crippen molar-refractivity contribution in [2.24, 2.45) is 0 Å². The molecule has 176 valence electrons. The van der Waals surface area contributed by atoms with Crippen LogP contribution < -0.4 is 9.47 Å². The van der Waals surface area contributed by atoms with Crippen LogP contribution in [0.5, 0.6) is 11.5 Å². The van der Waals surface area contributed by atoms with Gasteiger partial charge in [0, 0.05) is 5.92 Å². The van der Waals surface area contributed by atoms with Crippen molar-refractivity contribution in [2.45, 2.75) is 84.8 Å². The van der Waals surface area contributed by atoms with E-state index in [9.17, 15) is 0 Å². The standard InChI is InChI=1S/C31H40O2/c1-29(2,3)25-16-10-22(11-17-25)28(23-12-18-26(19-13-23)32-30(4,5)6)24-14-20-27(21-15-24)33-31(7,8)9/h10-21,28H,1-9H3. The van der Waals surface area contributed by atoms with Crippen molar-refractivity contribution in [1.82, 2.24) is 0 Å². The Bertz CT molecular complexity index is 964. The molecule has 0 aliphatic rings. The molecule has 3 aromatic carbocycles. The lowest BCUT2D eigenvalue weighted by molar-refractivity contribution is 0.130. The van der Waals surface area contributed by atoms with E-state index in [-0.39, 0.29) is 22.5 Å². The number of hydrogen-bond donors (Lipinski definition) is 0. The van der Waals surface area contributed by atoms with Crippen LogP contribution in [0.25, 0.3) is 0 Å². The number of rotatable bonds is 5. The third-order valence-electron chi connectivity index (χ3n) is 5.38. The summed E-state index contributed by atoms with van der Waals surface area (Å²) in [4.78, 5) is 0. The molecule has 3 aromatic rings. The highest BCUT2D eigenvalue weighted by molar-refractivity contribution is 5.46. The summed E-state index contributed by atoms with van der Waals surface area (Å²) in [6, 6.07) is 26.1. The van der Waals surface area contributed by atoms with E-state index >= 15 is 0 Å². The van der Waals surface area contributed by atoms with Crippen molar-refractivity contribution in [3.63, 3.8) is 0 Å². The van der Waals surface area contributed by atoms with Crippen LogP contribution in [0.15, 0.2) is 72.8 Å². The van der Waals surface area contributed by atoms with E-state index in [1.165, 1.54) is 22.3 Å². The predicted molar refractivity (Wildman–Crippen MR) is 140 cm³/mol. The average molecular weight is 445 g/mol. The summed E-state index contributed by atoms with van der Waals surface area (Å²) in [5.41, 5.74) is 4.80. The number of hydrogen-bond acceptors (Lipinski definition) is 2. The fourth-order valence-electron chi connectivity index (χ4n) is 3.92. The van der Waals surface area contributed by atoms with Crippen LogP contribution >= 0.6 is 0 Å². The van der Waals surface area contributed by atoms with Crippen molar-refractivity contribution in [2.75, 3.05) is 0 Å². The van der Waals surface area contributed by atoms with Crippen molar-refractivity contribution in [1.29, 1.82) is 0 Å². The van der Waals surface area contributed by atoms with E-state index in [0.717, 1.165) is 11.5 Å². The summed E-state index contributed by atoms with van der Waals surface area (Å²) in [5, 5.41) is 0. The quantitative estimate of drug-likeness (QED) is 0.367. The zero-order chi connectivity index (χ0) is 24.4. The molecular weight excluding hydrogens is 404 g/mol. The fraction of sp³-hybridized carbons (Fsp3) is 0.419. The van der Waals surface area contributed by atoms with Crippen LogP contribution in [0, 0.1) is 0 Å². The van der Waals surface area contributed by atoms with E-state index in [0.29, 0.717) is 0 Å². The zero-order valence-electron chi connectivity index (χ0n) is 21.8. The molecule has 0 atom stereocenters. The first-order valence-corrected chi connectivity index (χ1v) is 11.9. The second-order valence-electron chi connectivity index (χ2n) is 11.9. The van der Waals surface area contributed by atoms with Gasteiger partial charge in [0.05, 0.1) is 0 Å². The van der Waals surface area contributed by atoms with E-state index < -0.39 is 0 Å². The summed E-state index contributed by atoms with van der Waals surface area (Å²) < 4.78 is 12.1. The monoisotopic (exact) mass is 444 g/mol. The first-order valence-electron chi connectivity index (χ1n) is 11.9. The van der Waals surface area contributed by atoms with Crippen LogP contribution in [0.1, 0.15) is 90.5 Å². The van der Waals surface area contributed by atoms with Crippen LogP contribution in [-0.2, 0) is 5.41 Å². The Morgan fingerprint density at radius 2 is 0.758 bits per heavy atom. The molecule has 0 aliphatic carbocycles. The molecule has 0 N–H and O–H groups in total. The molecular formula is C31H40O2. The van der Waals surface area contributed by atoms with Gasteiger partial charge in [0.2, 0.25) is 0 Å². The minimum absolute atomic E-state index is 0.131. The van der Waals surface area contributed by atoms with Crippen LogP contribution in [0.2, 0.25) is 0 Å². The van der Waals surface area contributed by atoms with Crippen LogP contribution in [-0.4, -0.2) is 11.2 Å². The zero-order valence-corrected chi connectivity index (χ0v) is 21.8. The summed E-state index contributed by atoms with van der Waals surface area (Å²) in [5.74, 6) is 1.91. The van der Waals surface area contributed by atoms with Crippen molar-refractivity contribution < 1.29 is 9.47 Å². The Morgan fingerprint density at radius 1 is 0.455 bits per heavy atom. The summed E-state index contributed by atoms with van der Waals surface area (Å²) in [6.45, 7) is 19.2. The second-order valence-corrected chi connectivity index (χ2v) is 11.9.